The van der Waals surface area contributed by atoms with Crippen molar-refractivity contribution in [2.24, 2.45) is 0 Å². The summed E-state index contributed by atoms with van der Waals surface area (Å²) >= 11 is 0. The number of alkyl halides is 3. The van der Waals surface area contributed by atoms with Crippen LogP contribution in [0.15, 0.2) is 78.9 Å². The number of nitro groups is 1. The van der Waals surface area contributed by atoms with Gasteiger partial charge in [0.15, 0.2) is 6.61 Å². The van der Waals surface area contributed by atoms with Crippen LogP contribution in [0.1, 0.15) is 22.6 Å². The van der Waals surface area contributed by atoms with Gasteiger partial charge < -0.3 is 10.1 Å². The third kappa shape index (κ3) is 5.94. The first-order valence-corrected chi connectivity index (χ1v) is 9.59. The van der Waals surface area contributed by atoms with E-state index in [9.17, 15) is 32.9 Å². The van der Waals surface area contributed by atoms with E-state index in [4.69, 9.17) is 4.74 Å². The van der Waals surface area contributed by atoms with Crippen LogP contribution >= 0.6 is 0 Å². The molecule has 0 heterocycles. The highest BCUT2D eigenvalue weighted by Gasteiger charge is 2.33. The number of nitro benzene ring substituents is 1. The molecule has 0 atom stereocenters. The Bertz CT molecular complexity index is 1110. The molecule has 1 amide bonds. The van der Waals surface area contributed by atoms with Crippen LogP contribution in [0.25, 0.3) is 0 Å². The second-order valence-electron chi connectivity index (χ2n) is 6.90. The largest absolute Gasteiger partial charge is 0.455 e. The highest BCUT2D eigenvalue weighted by molar-refractivity contribution is 5.95. The van der Waals surface area contributed by atoms with Crippen LogP contribution in [0, 0.1) is 10.1 Å². The van der Waals surface area contributed by atoms with Crippen molar-refractivity contribution in [2.45, 2.75) is 12.1 Å². The van der Waals surface area contributed by atoms with Crippen molar-refractivity contribution in [3.05, 3.63) is 106 Å². The number of benzene rings is 3. The number of carbonyl (C=O) groups is 2. The maximum absolute atomic E-state index is 12.8. The normalized spacial score (nSPS) is 11.2. The number of hydrogen-bond donors (Lipinski definition) is 1. The van der Waals surface area contributed by atoms with E-state index >= 15 is 0 Å². The van der Waals surface area contributed by atoms with Crippen LogP contribution in [-0.4, -0.2) is 23.4 Å². The van der Waals surface area contributed by atoms with Gasteiger partial charge in [-0.15, -0.1) is 0 Å². The van der Waals surface area contributed by atoms with Gasteiger partial charge in [0.1, 0.15) is 11.6 Å². The van der Waals surface area contributed by atoms with Crippen molar-refractivity contribution in [3.8, 4) is 0 Å². The Morgan fingerprint density at radius 2 is 1.48 bits per heavy atom. The molecule has 170 valence electrons. The van der Waals surface area contributed by atoms with Crippen LogP contribution < -0.4 is 5.32 Å². The van der Waals surface area contributed by atoms with Gasteiger partial charge >= 0.3 is 12.1 Å². The topological polar surface area (TPSA) is 98.5 Å². The SMILES string of the molecule is O=C(COC(=O)C(c1ccccc1)c1ccccc1)Nc1ccc(C(F)(F)F)cc1[N+](=O)[O-]. The third-order valence-electron chi connectivity index (χ3n) is 4.64. The predicted molar refractivity (Wildman–Crippen MR) is 112 cm³/mol. The number of esters is 1. The number of carbonyl (C=O) groups excluding carboxylic acids is 2. The molecule has 7 nitrogen and oxygen atoms in total. The summed E-state index contributed by atoms with van der Waals surface area (Å²) in [5.74, 6) is -2.49. The molecule has 0 bridgehead atoms. The van der Waals surface area contributed by atoms with Crippen molar-refractivity contribution in [3.63, 3.8) is 0 Å². The van der Waals surface area contributed by atoms with Gasteiger partial charge in [-0.3, -0.25) is 19.7 Å². The Morgan fingerprint density at radius 3 is 1.97 bits per heavy atom. The zero-order chi connectivity index (χ0) is 24.0. The fourth-order valence-electron chi connectivity index (χ4n) is 3.13. The Kier molecular flexibility index (Phi) is 7.07. The zero-order valence-electron chi connectivity index (χ0n) is 16.9. The Hall–Kier alpha value is -4.21. The molecule has 0 spiro atoms. The number of rotatable bonds is 7. The Morgan fingerprint density at radius 1 is 0.939 bits per heavy atom. The molecule has 0 aliphatic heterocycles. The van der Waals surface area contributed by atoms with Gasteiger partial charge in [0.2, 0.25) is 0 Å². The minimum absolute atomic E-state index is 0.322. The standard InChI is InChI=1S/C23H17F3N2O5/c24-23(25,26)17-11-12-18(19(13-17)28(31)32)27-20(29)14-33-22(30)21(15-7-3-1-4-8-15)16-9-5-2-6-10-16/h1-13,21H,14H2,(H,27,29). The fraction of sp³-hybridized carbons (Fsp3) is 0.130. The summed E-state index contributed by atoms with van der Waals surface area (Å²) in [4.78, 5) is 35.1. The van der Waals surface area contributed by atoms with Crippen LogP contribution in [-0.2, 0) is 20.5 Å². The van der Waals surface area contributed by atoms with E-state index in [0.717, 1.165) is 6.07 Å². The average molecular weight is 458 g/mol. The molecule has 0 aliphatic rings. The molecular weight excluding hydrogens is 441 g/mol. The summed E-state index contributed by atoms with van der Waals surface area (Å²) in [6, 6.07) is 19.1. The van der Waals surface area contributed by atoms with Crippen molar-refractivity contribution in [2.75, 3.05) is 11.9 Å². The number of nitrogens with one attached hydrogen (secondary N) is 1. The lowest BCUT2D eigenvalue weighted by Gasteiger charge is -2.17. The van der Waals surface area contributed by atoms with E-state index in [-0.39, 0.29) is 0 Å². The highest BCUT2D eigenvalue weighted by Crippen LogP contribution is 2.35. The second kappa shape index (κ2) is 9.94. The van der Waals surface area contributed by atoms with Gasteiger partial charge in [-0.25, -0.2) is 0 Å². The number of hydrogen-bond acceptors (Lipinski definition) is 5. The van der Waals surface area contributed by atoms with Crippen molar-refractivity contribution in [1.29, 1.82) is 0 Å². The van der Waals surface area contributed by atoms with Gasteiger partial charge in [-0.2, -0.15) is 13.2 Å². The van der Waals surface area contributed by atoms with Crippen LogP contribution in [0.3, 0.4) is 0 Å². The highest BCUT2D eigenvalue weighted by atomic mass is 19.4. The monoisotopic (exact) mass is 458 g/mol. The summed E-state index contributed by atoms with van der Waals surface area (Å²) in [6.45, 7) is -0.785. The van der Waals surface area contributed by atoms with Crippen molar-refractivity contribution >= 4 is 23.3 Å². The Balaban J connectivity index is 1.73. The summed E-state index contributed by atoms with van der Waals surface area (Å²) < 4.78 is 43.6. The molecule has 0 radical (unpaired) electrons. The Labute approximate surface area is 186 Å². The first kappa shape index (κ1) is 23.5. The number of amides is 1. The minimum atomic E-state index is -4.79. The van der Waals surface area contributed by atoms with Crippen LogP contribution in [0.2, 0.25) is 0 Å². The zero-order valence-corrected chi connectivity index (χ0v) is 16.9. The molecule has 3 rings (SSSR count). The summed E-state index contributed by atoms with van der Waals surface area (Å²) in [5.41, 5.74) is -1.35. The molecule has 33 heavy (non-hydrogen) atoms. The average Bonchev–Trinajstić information content (AvgIpc) is 2.78. The summed E-state index contributed by atoms with van der Waals surface area (Å²) in [5, 5.41) is 13.3. The van der Waals surface area contributed by atoms with Crippen LogP contribution in [0.4, 0.5) is 24.5 Å². The lowest BCUT2D eigenvalue weighted by molar-refractivity contribution is -0.384. The van der Waals surface area contributed by atoms with Crippen LogP contribution in [0.5, 0.6) is 0 Å². The predicted octanol–water partition coefficient (Wildman–Crippen LogP) is 4.93. The van der Waals surface area contributed by atoms with E-state index in [0.29, 0.717) is 23.3 Å². The number of nitrogens with zero attached hydrogens (tertiary/aromatic N) is 1. The number of halogens is 3. The fourth-order valence-corrected chi connectivity index (χ4v) is 3.13. The maximum atomic E-state index is 12.8. The van der Waals surface area contributed by atoms with E-state index < -0.39 is 52.4 Å². The maximum Gasteiger partial charge on any atom is 0.416 e. The van der Waals surface area contributed by atoms with E-state index in [1.165, 1.54) is 0 Å². The van der Waals surface area contributed by atoms with Gasteiger partial charge in [-0.1, -0.05) is 60.7 Å². The molecule has 0 aromatic heterocycles. The smallest absolute Gasteiger partial charge is 0.416 e. The molecule has 3 aromatic rings. The first-order valence-electron chi connectivity index (χ1n) is 9.59. The number of ether oxygens (including phenoxy) is 1. The second-order valence-corrected chi connectivity index (χ2v) is 6.90. The van der Waals surface area contributed by atoms with E-state index in [1.54, 1.807) is 60.7 Å². The summed E-state index contributed by atoms with van der Waals surface area (Å²) in [6.07, 6.45) is -4.79. The van der Waals surface area contributed by atoms with Gasteiger partial charge in [0, 0.05) is 6.07 Å². The van der Waals surface area contributed by atoms with Crippen molar-refractivity contribution < 1.29 is 32.4 Å². The lowest BCUT2D eigenvalue weighted by atomic mass is 9.91. The quantitative estimate of drug-likeness (QED) is 0.308. The first-order chi connectivity index (χ1) is 15.7. The molecular formula is C23H17F3N2O5. The molecule has 0 aliphatic carbocycles. The molecule has 1 N–H and O–H groups in total. The van der Waals surface area contributed by atoms with E-state index in [1.807, 2.05) is 0 Å². The molecule has 0 unspecified atom stereocenters. The minimum Gasteiger partial charge on any atom is -0.455 e. The lowest BCUT2D eigenvalue weighted by Crippen LogP contribution is -2.25. The molecule has 0 saturated heterocycles. The van der Waals surface area contributed by atoms with Gasteiger partial charge in [0.05, 0.1) is 10.5 Å². The van der Waals surface area contributed by atoms with E-state index in [2.05, 4.69) is 5.32 Å². The van der Waals surface area contributed by atoms with Gasteiger partial charge in [-0.05, 0) is 23.3 Å². The van der Waals surface area contributed by atoms with Crippen molar-refractivity contribution in [1.82, 2.24) is 0 Å². The summed E-state index contributed by atoms with van der Waals surface area (Å²) in [7, 11) is 0. The molecule has 0 fully saturated rings. The van der Waals surface area contributed by atoms with Gasteiger partial charge in [0.25, 0.3) is 11.6 Å². The third-order valence-corrected chi connectivity index (χ3v) is 4.64. The molecule has 0 saturated carbocycles. The number of anilines is 1. The molecule has 10 heteroatoms. The molecule has 3 aromatic carbocycles.